The van der Waals surface area contributed by atoms with Crippen molar-refractivity contribution in [3.05, 3.63) is 29.8 Å². The zero-order valence-corrected chi connectivity index (χ0v) is 16.0. The van der Waals surface area contributed by atoms with Crippen molar-refractivity contribution in [1.82, 2.24) is 5.32 Å². The summed E-state index contributed by atoms with van der Waals surface area (Å²) < 4.78 is 28.1. The van der Waals surface area contributed by atoms with Gasteiger partial charge in [-0.05, 0) is 30.0 Å². The summed E-state index contributed by atoms with van der Waals surface area (Å²) in [5.74, 6) is 1.70. The highest BCUT2D eigenvalue weighted by atomic mass is 32.2. The highest BCUT2D eigenvalue weighted by Crippen LogP contribution is 2.26. The largest absolute Gasteiger partial charge is 0.497 e. The van der Waals surface area contributed by atoms with Gasteiger partial charge in [0, 0.05) is 5.25 Å². The number of sulfone groups is 1. The van der Waals surface area contributed by atoms with Crippen LogP contribution in [0.5, 0.6) is 5.75 Å². The number of carbonyl (C=O) groups excluding carboxylic acids is 1. The average molecular weight is 372 g/mol. The average Bonchev–Trinajstić information content (AvgIpc) is 2.89. The van der Waals surface area contributed by atoms with E-state index in [9.17, 15) is 13.2 Å². The van der Waals surface area contributed by atoms with Crippen molar-refractivity contribution in [3.8, 4) is 5.75 Å². The fourth-order valence-electron chi connectivity index (χ4n) is 2.75. The van der Waals surface area contributed by atoms with E-state index in [1.54, 1.807) is 7.11 Å². The maximum Gasteiger partial charge on any atom is 0.230 e. The second-order valence-electron chi connectivity index (χ2n) is 6.40. The number of methoxy groups -OCH3 is 1. The summed E-state index contributed by atoms with van der Waals surface area (Å²) in [5.41, 5.74) is 1.03. The van der Waals surface area contributed by atoms with Crippen LogP contribution in [0.2, 0.25) is 0 Å². The standard InChI is InChI=1S/C17H25NO4S2/c1-12(2)17(13-4-6-14(22-3)7-5-13)18-16(19)10-23-15-8-9-24(20,21)11-15/h4-7,12,15,17H,8-11H2,1-3H3,(H,18,19). The minimum absolute atomic E-state index is 0.0410. The van der Waals surface area contributed by atoms with Crippen LogP contribution in [0.4, 0.5) is 0 Å². The lowest BCUT2D eigenvalue weighted by Crippen LogP contribution is -2.33. The molecule has 1 aliphatic heterocycles. The highest BCUT2D eigenvalue weighted by Gasteiger charge is 2.29. The Balaban J connectivity index is 1.91. The lowest BCUT2D eigenvalue weighted by atomic mass is 9.96. The van der Waals surface area contributed by atoms with E-state index in [4.69, 9.17) is 4.74 Å². The first-order valence-electron chi connectivity index (χ1n) is 8.06. The minimum Gasteiger partial charge on any atom is -0.497 e. The Morgan fingerprint density at radius 3 is 2.50 bits per heavy atom. The summed E-state index contributed by atoms with van der Waals surface area (Å²) in [5, 5.41) is 3.11. The predicted molar refractivity (Wildman–Crippen MR) is 98.2 cm³/mol. The summed E-state index contributed by atoms with van der Waals surface area (Å²) in [6.07, 6.45) is 0.645. The van der Waals surface area contributed by atoms with Gasteiger partial charge in [0.15, 0.2) is 9.84 Å². The van der Waals surface area contributed by atoms with Gasteiger partial charge >= 0.3 is 0 Å². The number of carbonyl (C=O) groups is 1. The molecule has 0 aromatic heterocycles. The molecule has 24 heavy (non-hydrogen) atoms. The van der Waals surface area contributed by atoms with E-state index in [1.807, 2.05) is 24.3 Å². The summed E-state index contributed by atoms with van der Waals surface area (Å²) in [7, 11) is -1.27. The Morgan fingerprint density at radius 1 is 1.33 bits per heavy atom. The van der Waals surface area contributed by atoms with Gasteiger partial charge < -0.3 is 10.1 Å². The maximum atomic E-state index is 12.3. The molecule has 2 unspecified atom stereocenters. The van der Waals surface area contributed by atoms with Crippen LogP contribution in [0, 0.1) is 5.92 Å². The molecular formula is C17H25NO4S2. The van der Waals surface area contributed by atoms with E-state index in [0.717, 1.165) is 11.3 Å². The van der Waals surface area contributed by atoms with Crippen molar-refractivity contribution in [1.29, 1.82) is 0 Å². The first kappa shape index (κ1) is 19.1. The first-order valence-corrected chi connectivity index (χ1v) is 10.9. The Labute approximate surface area is 148 Å². The minimum atomic E-state index is -2.89. The predicted octanol–water partition coefficient (Wildman–Crippen LogP) is 2.43. The first-order chi connectivity index (χ1) is 11.3. The van der Waals surface area contributed by atoms with Crippen LogP contribution in [-0.2, 0) is 14.6 Å². The quantitative estimate of drug-likeness (QED) is 0.797. The monoisotopic (exact) mass is 371 g/mol. The molecule has 0 aliphatic carbocycles. The molecule has 1 N–H and O–H groups in total. The molecule has 2 rings (SSSR count). The second kappa shape index (κ2) is 8.25. The molecule has 1 aromatic carbocycles. The van der Waals surface area contributed by atoms with Crippen LogP contribution in [0.3, 0.4) is 0 Å². The lowest BCUT2D eigenvalue weighted by molar-refractivity contribution is -0.119. The Hall–Kier alpha value is -1.21. The smallest absolute Gasteiger partial charge is 0.230 e. The topological polar surface area (TPSA) is 72.5 Å². The fraction of sp³-hybridized carbons (Fsp3) is 0.588. The van der Waals surface area contributed by atoms with Crippen molar-refractivity contribution in [2.45, 2.75) is 31.6 Å². The SMILES string of the molecule is COc1ccc(C(NC(=O)CSC2CCS(=O)(=O)C2)C(C)C)cc1. The van der Waals surface area contributed by atoms with E-state index in [2.05, 4.69) is 19.2 Å². The van der Waals surface area contributed by atoms with Gasteiger partial charge in [0.25, 0.3) is 0 Å². The van der Waals surface area contributed by atoms with Crippen LogP contribution in [0.1, 0.15) is 31.9 Å². The number of nitrogens with one attached hydrogen (secondary N) is 1. The second-order valence-corrected chi connectivity index (χ2v) is 9.92. The summed E-state index contributed by atoms with van der Waals surface area (Å²) >= 11 is 1.44. The van der Waals surface area contributed by atoms with Gasteiger partial charge in [-0.1, -0.05) is 26.0 Å². The van der Waals surface area contributed by atoms with Crippen LogP contribution in [-0.4, -0.2) is 43.9 Å². The Morgan fingerprint density at radius 2 is 2.00 bits per heavy atom. The third kappa shape index (κ3) is 5.41. The summed E-state index contributed by atoms with van der Waals surface area (Å²) in [4.78, 5) is 12.3. The van der Waals surface area contributed by atoms with Crippen LogP contribution >= 0.6 is 11.8 Å². The Kier molecular flexibility index (Phi) is 6.57. The molecule has 7 heteroatoms. The zero-order valence-electron chi connectivity index (χ0n) is 14.3. The normalized spacial score (nSPS) is 20.8. The number of amides is 1. The van der Waals surface area contributed by atoms with Crippen molar-refractivity contribution < 1.29 is 17.9 Å². The van der Waals surface area contributed by atoms with Crippen LogP contribution in [0.15, 0.2) is 24.3 Å². The van der Waals surface area contributed by atoms with Crippen LogP contribution in [0.25, 0.3) is 0 Å². The van der Waals surface area contributed by atoms with Gasteiger partial charge in [0.2, 0.25) is 5.91 Å². The number of ether oxygens (including phenoxy) is 1. The van der Waals surface area contributed by atoms with Crippen molar-refractivity contribution in [3.63, 3.8) is 0 Å². The van der Waals surface area contributed by atoms with Crippen molar-refractivity contribution in [2.24, 2.45) is 5.92 Å². The summed E-state index contributed by atoms with van der Waals surface area (Å²) in [6, 6.07) is 7.61. The third-order valence-electron chi connectivity index (χ3n) is 4.10. The third-order valence-corrected chi connectivity index (χ3v) is 7.38. The van der Waals surface area contributed by atoms with Gasteiger partial charge in [-0.3, -0.25) is 4.79 Å². The van der Waals surface area contributed by atoms with Gasteiger partial charge in [-0.15, -0.1) is 11.8 Å². The zero-order chi connectivity index (χ0) is 17.7. The maximum absolute atomic E-state index is 12.3. The van der Waals surface area contributed by atoms with Gasteiger partial charge in [0.05, 0.1) is 30.4 Å². The molecule has 1 aliphatic rings. The molecule has 2 atom stereocenters. The molecular weight excluding hydrogens is 346 g/mol. The Bertz CT molecular complexity index is 656. The van der Waals surface area contributed by atoms with Crippen molar-refractivity contribution >= 4 is 27.5 Å². The molecule has 1 saturated heterocycles. The number of benzene rings is 1. The van der Waals surface area contributed by atoms with Gasteiger partial charge in [-0.2, -0.15) is 0 Å². The van der Waals surface area contributed by atoms with E-state index < -0.39 is 9.84 Å². The molecule has 5 nitrogen and oxygen atoms in total. The molecule has 134 valence electrons. The molecule has 1 amide bonds. The lowest BCUT2D eigenvalue weighted by Gasteiger charge is -2.23. The molecule has 1 heterocycles. The van der Waals surface area contributed by atoms with Gasteiger partial charge in [-0.25, -0.2) is 8.42 Å². The molecule has 0 saturated carbocycles. The molecule has 0 bridgehead atoms. The van der Waals surface area contributed by atoms with E-state index in [-0.39, 0.29) is 34.6 Å². The van der Waals surface area contributed by atoms with Gasteiger partial charge in [0.1, 0.15) is 5.75 Å². The number of hydrogen-bond acceptors (Lipinski definition) is 5. The van der Waals surface area contributed by atoms with Crippen LogP contribution < -0.4 is 10.1 Å². The van der Waals surface area contributed by atoms with Crippen molar-refractivity contribution in [2.75, 3.05) is 24.4 Å². The molecule has 0 radical (unpaired) electrons. The van der Waals surface area contributed by atoms with E-state index in [1.165, 1.54) is 11.8 Å². The van der Waals surface area contributed by atoms with E-state index >= 15 is 0 Å². The highest BCUT2D eigenvalue weighted by molar-refractivity contribution is 8.02. The fourth-order valence-corrected chi connectivity index (χ4v) is 6.20. The van der Waals surface area contributed by atoms with E-state index in [0.29, 0.717) is 12.2 Å². The molecule has 0 spiro atoms. The number of rotatable bonds is 7. The molecule has 1 fully saturated rings. The number of thioether (sulfide) groups is 1. The summed E-state index contributed by atoms with van der Waals surface area (Å²) in [6.45, 7) is 4.12. The number of hydrogen-bond donors (Lipinski definition) is 1. The molecule has 1 aromatic rings.